The number of amides is 3. The number of urea groups is 1. The first-order valence-electron chi connectivity index (χ1n) is 8.23. The lowest BCUT2D eigenvalue weighted by Crippen LogP contribution is -2.43. The first-order valence-corrected chi connectivity index (χ1v) is 8.23. The van der Waals surface area contributed by atoms with Crippen molar-refractivity contribution in [3.8, 4) is 0 Å². The van der Waals surface area contributed by atoms with Gasteiger partial charge in [0.2, 0.25) is 5.91 Å². The van der Waals surface area contributed by atoms with Gasteiger partial charge in [0.1, 0.15) is 11.9 Å². The van der Waals surface area contributed by atoms with Crippen molar-refractivity contribution in [2.24, 2.45) is 0 Å². The summed E-state index contributed by atoms with van der Waals surface area (Å²) in [7, 11) is 0. The molecule has 23 heavy (non-hydrogen) atoms. The monoisotopic (exact) mass is 319 g/mol. The molecule has 5 nitrogen and oxygen atoms in total. The van der Waals surface area contributed by atoms with Gasteiger partial charge in [0.15, 0.2) is 0 Å². The van der Waals surface area contributed by atoms with E-state index in [2.05, 4.69) is 10.6 Å². The lowest BCUT2D eigenvalue weighted by molar-refractivity contribution is -0.122. The molecule has 1 aromatic carbocycles. The molecule has 124 valence electrons. The molecule has 1 atom stereocenters. The Balaban J connectivity index is 1.45. The number of halogens is 1. The van der Waals surface area contributed by atoms with Crippen LogP contribution in [0.4, 0.5) is 9.18 Å². The van der Waals surface area contributed by atoms with Crippen LogP contribution in [0.2, 0.25) is 0 Å². The summed E-state index contributed by atoms with van der Waals surface area (Å²) in [4.78, 5) is 26.0. The SMILES string of the molecule is O=C(NCCc1ccc(F)cc1)C1CN(C2CCCC2)C(=O)N1. The molecule has 3 amide bonds. The molecule has 2 fully saturated rings. The quantitative estimate of drug-likeness (QED) is 0.870. The van der Waals surface area contributed by atoms with Crippen LogP contribution in [0.3, 0.4) is 0 Å². The molecule has 0 spiro atoms. The summed E-state index contributed by atoms with van der Waals surface area (Å²) in [6.07, 6.45) is 5.02. The van der Waals surface area contributed by atoms with Gasteiger partial charge >= 0.3 is 6.03 Å². The molecule has 6 heteroatoms. The van der Waals surface area contributed by atoms with E-state index in [0.29, 0.717) is 19.5 Å². The fourth-order valence-electron chi connectivity index (χ4n) is 3.34. The van der Waals surface area contributed by atoms with Gasteiger partial charge in [0.05, 0.1) is 6.54 Å². The molecule has 3 rings (SSSR count). The van der Waals surface area contributed by atoms with Crippen molar-refractivity contribution in [3.05, 3.63) is 35.6 Å². The van der Waals surface area contributed by atoms with E-state index in [0.717, 1.165) is 31.2 Å². The second-order valence-corrected chi connectivity index (χ2v) is 6.26. The Labute approximate surface area is 135 Å². The first kappa shape index (κ1) is 15.8. The Morgan fingerprint density at radius 3 is 2.65 bits per heavy atom. The first-order chi connectivity index (χ1) is 11.1. The van der Waals surface area contributed by atoms with Crippen molar-refractivity contribution >= 4 is 11.9 Å². The lowest BCUT2D eigenvalue weighted by atomic mass is 10.1. The number of nitrogens with zero attached hydrogens (tertiary/aromatic N) is 1. The number of carbonyl (C=O) groups is 2. The van der Waals surface area contributed by atoms with E-state index in [1.807, 2.05) is 0 Å². The van der Waals surface area contributed by atoms with Crippen LogP contribution in [-0.2, 0) is 11.2 Å². The van der Waals surface area contributed by atoms with E-state index >= 15 is 0 Å². The topological polar surface area (TPSA) is 61.4 Å². The van der Waals surface area contributed by atoms with Crippen molar-refractivity contribution in [1.82, 2.24) is 15.5 Å². The summed E-state index contributed by atoms with van der Waals surface area (Å²) in [5.41, 5.74) is 0.967. The molecule has 2 N–H and O–H groups in total. The zero-order valence-corrected chi connectivity index (χ0v) is 13.1. The van der Waals surface area contributed by atoms with Crippen molar-refractivity contribution < 1.29 is 14.0 Å². The summed E-state index contributed by atoms with van der Waals surface area (Å²) in [6, 6.07) is 5.92. The van der Waals surface area contributed by atoms with Gasteiger partial charge in [0.25, 0.3) is 0 Å². The minimum atomic E-state index is -0.476. The van der Waals surface area contributed by atoms with E-state index in [-0.39, 0.29) is 23.8 Å². The minimum Gasteiger partial charge on any atom is -0.354 e. The second-order valence-electron chi connectivity index (χ2n) is 6.26. The van der Waals surface area contributed by atoms with Gasteiger partial charge < -0.3 is 15.5 Å². The van der Waals surface area contributed by atoms with Gasteiger partial charge in [-0.05, 0) is 37.0 Å². The number of nitrogens with one attached hydrogen (secondary N) is 2. The van der Waals surface area contributed by atoms with Crippen LogP contribution in [0.5, 0.6) is 0 Å². The highest BCUT2D eigenvalue weighted by Gasteiger charge is 2.37. The van der Waals surface area contributed by atoms with E-state index in [1.54, 1.807) is 17.0 Å². The largest absolute Gasteiger partial charge is 0.354 e. The van der Waals surface area contributed by atoms with Gasteiger partial charge in [-0.3, -0.25) is 4.79 Å². The lowest BCUT2D eigenvalue weighted by Gasteiger charge is -2.22. The van der Waals surface area contributed by atoms with Crippen LogP contribution in [0.1, 0.15) is 31.2 Å². The minimum absolute atomic E-state index is 0.129. The predicted octanol–water partition coefficient (Wildman–Crippen LogP) is 1.82. The molecule has 0 radical (unpaired) electrons. The third kappa shape index (κ3) is 3.81. The van der Waals surface area contributed by atoms with Crippen LogP contribution in [0, 0.1) is 5.82 Å². The van der Waals surface area contributed by atoms with Gasteiger partial charge in [-0.1, -0.05) is 25.0 Å². The Kier molecular flexibility index (Phi) is 4.79. The number of carbonyl (C=O) groups excluding carboxylic acids is 2. The second kappa shape index (κ2) is 6.98. The maximum absolute atomic E-state index is 12.8. The van der Waals surface area contributed by atoms with Gasteiger partial charge in [-0.15, -0.1) is 0 Å². The van der Waals surface area contributed by atoms with Crippen LogP contribution in [0.25, 0.3) is 0 Å². The van der Waals surface area contributed by atoms with Crippen molar-refractivity contribution in [2.45, 2.75) is 44.2 Å². The Morgan fingerprint density at radius 1 is 1.26 bits per heavy atom. The van der Waals surface area contributed by atoms with Crippen molar-refractivity contribution in [3.63, 3.8) is 0 Å². The van der Waals surface area contributed by atoms with Gasteiger partial charge in [0, 0.05) is 12.6 Å². The average Bonchev–Trinajstić information content (AvgIpc) is 3.18. The Hall–Kier alpha value is -2.11. The zero-order chi connectivity index (χ0) is 16.2. The van der Waals surface area contributed by atoms with Crippen LogP contribution >= 0.6 is 0 Å². The standard InChI is InChI=1S/C17H22FN3O2/c18-13-7-5-12(6-8-13)9-10-19-16(22)15-11-21(17(23)20-15)14-3-1-2-4-14/h5-8,14-15H,1-4,9-11H2,(H,19,22)(H,20,23). The molecule has 0 aromatic heterocycles. The molecule has 1 aliphatic carbocycles. The molecule has 2 aliphatic rings. The molecule has 0 bridgehead atoms. The highest BCUT2D eigenvalue weighted by Crippen LogP contribution is 2.25. The molecule has 1 heterocycles. The van der Waals surface area contributed by atoms with Crippen LogP contribution in [-0.4, -0.2) is 42.0 Å². The van der Waals surface area contributed by atoms with E-state index in [1.165, 1.54) is 12.1 Å². The van der Waals surface area contributed by atoms with Crippen molar-refractivity contribution in [1.29, 1.82) is 0 Å². The van der Waals surface area contributed by atoms with E-state index < -0.39 is 6.04 Å². The number of hydrogen-bond acceptors (Lipinski definition) is 2. The third-order valence-corrected chi connectivity index (χ3v) is 4.65. The normalized spacial score (nSPS) is 21.5. The summed E-state index contributed by atoms with van der Waals surface area (Å²) in [6.45, 7) is 0.923. The smallest absolute Gasteiger partial charge is 0.318 e. The highest BCUT2D eigenvalue weighted by atomic mass is 19.1. The Bertz CT molecular complexity index is 570. The van der Waals surface area contributed by atoms with Crippen LogP contribution < -0.4 is 10.6 Å². The van der Waals surface area contributed by atoms with Gasteiger partial charge in [-0.2, -0.15) is 0 Å². The molecule has 1 aliphatic heterocycles. The van der Waals surface area contributed by atoms with E-state index in [9.17, 15) is 14.0 Å². The Morgan fingerprint density at radius 2 is 1.96 bits per heavy atom. The van der Waals surface area contributed by atoms with Crippen LogP contribution in [0.15, 0.2) is 24.3 Å². The molecule has 1 saturated carbocycles. The summed E-state index contributed by atoms with van der Waals surface area (Å²) in [5.74, 6) is -0.417. The van der Waals surface area contributed by atoms with Gasteiger partial charge in [-0.25, -0.2) is 9.18 Å². The molecule has 1 unspecified atom stereocenters. The van der Waals surface area contributed by atoms with Crippen molar-refractivity contribution in [2.75, 3.05) is 13.1 Å². The maximum Gasteiger partial charge on any atom is 0.318 e. The molecular formula is C17H22FN3O2. The average molecular weight is 319 g/mol. The molecule has 1 saturated heterocycles. The predicted molar refractivity (Wildman–Crippen MR) is 84.4 cm³/mol. The summed E-state index contributed by atoms with van der Waals surface area (Å²) < 4.78 is 12.8. The highest BCUT2D eigenvalue weighted by molar-refractivity contribution is 5.90. The number of hydrogen-bond donors (Lipinski definition) is 2. The maximum atomic E-state index is 12.8. The number of rotatable bonds is 5. The third-order valence-electron chi connectivity index (χ3n) is 4.65. The molecule has 1 aromatic rings. The summed E-state index contributed by atoms with van der Waals surface area (Å²) in [5, 5.41) is 5.61. The molecular weight excluding hydrogens is 297 g/mol. The zero-order valence-electron chi connectivity index (χ0n) is 13.1. The summed E-state index contributed by atoms with van der Waals surface area (Å²) >= 11 is 0. The fourth-order valence-corrected chi connectivity index (χ4v) is 3.34. The fraction of sp³-hybridized carbons (Fsp3) is 0.529. The van der Waals surface area contributed by atoms with E-state index in [4.69, 9.17) is 0 Å². The number of benzene rings is 1.